The molecule has 0 bridgehead atoms. The molecule has 0 saturated carbocycles. The number of rotatable bonds is 4. The smallest absolute Gasteiger partial charge is 0.354 e. The van der Waals surface area contributed by atoms with Gasteiger partial charge in [0.25, 0.3) is 5.91 Å². The van der Waals surface area contributed by atoms with Crippen LogP contribution in [0.4, 0.5) is 5.69 Å². The van der Waals surface area contributed by atoms with Crippen LogP contribution in [0.25, 0.3) is 0 Å². The standard InChI is InChI=1S/C21H26N2O5/c1-13(2)22-18(26)14-8-6-7-9-15(14)23-17(25)10-11-21(22,23)19(27)28-12-16(24)20(3,4)5/h6-9,13H,10-12H2,1-5H3/t21-/m0/s1. The SMILES string of the molecule is CC(C)N1C(=O)c2ccccc2N2C(=O)CC[C@@]21C(=O)OCC(=O)C(C)(C)C. The maximum atomic E-state index is 13.3. The molecule has 1 saturated heterocycles. The molecule has 7 nitrogen and oxygen atoms in total. The van der Waals surface area contributed by atoms with Crippen molar-refractivity contribution in [1.82, 2.24) is 4.90 Å². The van der Waals surface area contributed by atoms with Crippen LogP contribution in [0.2, 0.25) is 0 Å². The number of para-hydroxylation sites is 1. The maximum absolute atomic E-state index is 13.3. The molecule has 1 fully saturated rings. The molecule has 150 valence electrons. The van der Waals surface area contributed by atoms with Crippen LogP contribution in [0, 0.1) is 5.41 Å². The van der Waals surface area contributed by atoms with Gasteiger partial charge < -0.3 is 9.64 Å². The lowest BCUT2D eigenvalue weighted by atomic mass is 9.91. The van der Waals surface area contributed by atoms with Crippen molar-refractivity contribution in [3.05, 3.63) is 29.8 Å². The van der Waals surface area contributed by atoms with Crippen molar-refractivity contribution in [2.24, 2.45) is 5.41 Å². The van der Waals surface area contributed by atoms with Crippen molar-refractivity contribution < 1.29 is 23.9 Å². The zero-order valence-electron chi connectivity index (χ0n) is 16.9. The monoisotopic (exact) mass is 386 g/mol. The first-order chi connectivity index (χ1) is 13.0. The fourth-order valence-electron chi connectivity index (χ4n) is 3.84. The summed E-state index contributed by atoms with van der Waals surface area (Å²) in [5.74, 6) is -1.54. The molecule has 7 heteroatoms. The zero-order valence-corrected chi connectivity index (χ0v) is 16.9. The number of nitrogens with zero attached hydrogens (tertiary/aromatic N) is 2. The Bertz CT molecular complexity index is 855. The molecular weight excluding hydrogens is 360 g/mol. The lowest BCUT2D eigenvalue weighted by Gasteiger charge is -2.50. The maximum Gasteiger partial charge on any atom is 0.354 e. The summed E-state index contributed by atoms with van der Waals surface area (Å²) in [6.07, 6.45) is 0.250. The van der Waals surface area contributed by atoms with E-state index in [1.165, 1.54) is 9.80 Å². The molecule has 2 aliphatic rings. The summed E-state index contributed by atoms with van der Waals surface area (Å²) in [4.78, 5) is 54.3. The molecule has 2 heterocycles. The van der Waals surface area contributed by atoms with E-state index in [1.807, 2.05) is 0 Å². The van der Waals surface area contributed by atoms with E-state index in [-0.39, 0.29) is 36.5 Å². The molecule has 0 spiro atoms. The Hall–Kier alpha value is -2.70. The van der Waals surface area contributed by atoms with Crippen LogP contribution < -0.4 is 4.90 Å². The van der Waals surface area contributed by atoms with Gasteiger partial charge in [-0.05, 0) is 26.0 Å². The molecule has 1 aromatic rings. The fraction of sp³-hybridized carbons (Fsp3) is 0.524. The van der Waals surface area contributed by atoms with E-state index in [4.69, 9.17) is 4.74 Å². The second-order valence-electron chi connectivity index (χ2n) is 8.58. The van der Waals surface area contributed by atoms with Crippen molar-refractivity contribution in [3.63, 3.8) is 0 Å². The molecule has 0 unspecified atom stereocenters. The third-order valence-corrected chi connectivity index (χ3v) is 5.31. The Balaban J connectivity index is 2.07. The third kappa shape index (κ3) is 2.89. The molecule has 2 aliphatic heterocycles. The fourth-order valence-corrected chi connectivity index (χ4v) is 3.84. The molecule has 0 N–H and O–H groups in total. The zero-order chi connectivity index (χ0) is 20.9. The van der Waals surface area contributed by atoms with Gasteiger partial charge in [0, 0.05) is 24.3 Å². The van der Waals surface area contributed by atoms with Crippen molar-refractivity contribution >= 4 is 29.3 Å². The highest BCUT2D eigenvalue weighted by atomic mass is 16.5. The first-order valence-electron chi connectivity index (χ1n) is 9.48. The average Bonchev–Trinajstić information content (AvgIpc) is 2.96. The molecule has 0 aromatic heterocycles. The molecule has 1 atom stereocenters. The normalized spacial score (nSPS) is 21.6. The summed E-state index contributed by atoms with van der Waals surface area (Å²) in [6.45, 7) is 8.42. The number of benzene rings is 1. The van der Waals surface area contributed by atoms with Crippen molar-refractivity contribution in [1.29, 1.82) is 0 Å². The number of ketones is 1. The average molecular weight is 386 g/mol. The van der Waals surface area contributed by atoms with E-state index in [0.29, 0.717) is 11.3 Å². The van der Waals surface area contributed by atoms with Gasteiger partial charge >= 0.3 is 5.97 Å². The topological polar surface area (TPSA) is 84.0 Å². The second kappa shape index (κ2) is 6.72. The summed E-state index contributed by atoms with van der Waals surface area (Å²) in [5, 5.41) is 0. The number of anilines is 1. The van der Waals surface area contributed by atoms with Gasteiger partial charge in [0.15, 0.2) is 12.4 Å². The number of carbonyl (C=O) groups excluding carboxylic acids is 4. The Morgan fingerprint density at radius 1 is 1.18 bits per heavy atom. The quantitative estimate of drug-likeness (QED) is 0.743. The van der Waals surface area contributed by atoms with Gasteiger partial charge in [-0.2, -0.15) is 0 Å². The number of esters is 1. The van der Waals surface area contributed by atoms with Gasteiger partial charge in [-0.1, -0.05) is 32.9 Å². The van der Waals surface area contributed by atoms with Crippen LogP contribution in [0.1, 0.15) is 57.8 Å². The van der Waals surface area contributed by atoms with Crippen LogP contribution in [0.15, 0.2) is 24.3 Å². The minimum atomic E-state index is -1.56. The molecule has 0 radical (unpaired) electrons. The predicted molar refractivity (Wildman–Crippen MR) is 103 cm³/mol. The minimum Gasteiger partial charge on any atom is -0.455 e. The number of amides is 2. The number of Topliss-reactive ketones (excluding diaryl/α,β-unsaturated/α-hetero) is 1. The molecule has 2 amide bonds. The number of hydrogen-bond acceptors (Lipinski definition) is 5. The van der Waals surface area contributed by atoms with Gasteiger partial charge in [0.1, 0.15) is 0 Å². The Morgan fingerprint density at radius 2 is 1.82 bits per heavy atom. The number of hydrogen-bond donors (Lipinski definition) is 0. The largest absolute Gasteiger partial charge is 0.455 e. The van der Waals surface area contributed by atoms with Crippen molar-refractivity contribution in [3.8, 4) is 0 Å². The van der Waals surface area contributed by atoms with Crippen LogP contribution in [-0.2, 0) is 19.1 Å². The lowest BCUT2D eigenvalue weighted by molar-refractivity contribution is -0.161. The lowest BCUT2D eigenvalue weighted by Crippen LogP contribution is -2.70. The Kier molecular flexibility index (Phi) is 4.81. The molecule has 0 aliphatic carbocycles. The van der Waals surface area contributed by atoms with E-state index < -0.39 is 23.7 Å². The molecular formula is C21H26N2O5. The van der Waals surface area contributed by atoms with Gasteiger partial charge in [0.2, 0.25) is 11.6 Å². The summed E-state index contributed by atoms with van der Waals surface area (Å²) < 4.78 is 5.39. The summed E-state index contributed by atoms with van der Waals surface area (Å²) in [5.41, 5.74) is -1.43. The highest BCUT2D eigenvalue weighted by Gasteiger charge is 2.62. The highest BCUT2D eigenvalue weighted by molar-refractivity contribution is 6.15. The molecule has 1 aromatic carbocycles. The van der Waals surface area contributed by atoms with Gasteiger partial charge in [0.05, 0.1) is 11.3 Å². The third-order valence-electron chi connectivity index (χ3n) is 5.31. The van der Waals surface area contributed by atoms with Crippen LogP contribution >= 0.6 is 0 Å². The van der Waals surface area contributed by atoms with Crippen LogP contribution in [0.5, 0.6) is 0 Å². The Labute approximate surface area is 164 Å². The number of fused-ring (bicyclic) bond motifs is 3. The second-order valence-corrected chi connectivity index (χ2v) is 8.58. The van der Waals surface area contributed by atoms with Crippen LogP contribution in [-0.4, -0.2) is 46.8 Å². The highest BCUT2D eigenvalue weighted by Crippen LogP contribution is 2.46. The summed E-state index contributed by atoms with van der Waals surface area (Å²) in [7, 11) is 0. The van der Waals surface area contributed by atoms with E-state index in [0.717, 1.165) is 0 Å². The first-order valence-corrected chi connectivity index (χ1v) is 9.48. The van der Waals surface area contributed by atoms with Gasteiger partial charge in [-0.25, -0.2) is 4.79 Å². The van der Waals surface area contributed by atoms with Crippen molar-refractivity contribution in [2.75, 3.05) is 11.5 Å². The minimum absolute atomic E-state index is 0.118. The molecule has 3 rings (SSSR count). The van der Waals surface area contributed by atoms with Gasteiger partial charge in [-0.15, -0.1) is 0 Å². The molecule has 28 heavy (non-hydrogen) atoms. The van der Waals surface area contributed by atoms with E-state index in [1.54, 1.807) is 58.9 Å². The van der Waals surface area contributed by atoms with E-state index >= 15 is 0 Å². The van der Waals surface area contributed by atoms with Gasteiger partial charge in [-0.3, -0.25) is 19.3 Å². The summed E-state index contributed by atoms with van der Waals surface area (Å²) >= 11 is 0. The predicted octanol–water partition coefficient (Wildman–Crippen LogP) is 2.53. The Morgan fingerprint density at radius 3 is 2.43 bits per heavy atom. The van der Waals surface area contributed by atoms with Crippen molar-refractivity contribution in [2.45, 2.75) is 59.2 Å². The van der Waals surface area contributed by atoms with E-state index in [2.05, 4.69) is 0 Å². The summed E-state index contributed by atoms with van der Waals surface area (Å²) in [6, 6.07) is 6.42. The number of ether oxygens (including phenoxy) is 1. The first kappa shape index (κ1) is 20.0. The number of carbonyl (C=O) groups is 4. The van der Waals surface area contributed by atoms with Crippen LogP contribution in [0.3, 0.4) is 0 Å². The van der Waals surface area contributed by atoms with E-state index in [9.17, 15) is 19.2 Å².